The molecule has 0 aliphatic rings. The van der Waals surface area contributed by atoms with Crippen LogP contribution in [0.2, 0.25) is 0 Å². The molecule has 0 fully saturated rings. The Morgan fingerprint density at radius 2 is 1.60 bits per heavy atom. The van der Waals surface area contributed by atoms with Crippen LogP contribution in [0.1, 0.15) is 18.9 Å². The predicted octanol–water partition coefficient (Wildman–Crippen LogP) is 2.93. The number of halogens is 1. The van der Waals surface area contributed by atoms with Crippen molar-refractivity contribution in [2.75, 3.05) is 31.6 Å². The summed E-state index contributed by atoms with van der Waals surface area (Å²) >= 11 is 0. The number of aliphatic hydroxyl groups excluding tert-OH is 1. The topological polar surface area (TPSA) is 134 Å². The zero-order valence-electron chi connectivity index (χ0n) is 22.2. The maximum atomic E-state index is 13.2. The minimum Gasteiger partial charge on any atom is -0.497 e. The smallest absolute Gasteiger partial charge is 0.261 e. The van der Waals surface area contributed by atoms with Gasteiger partial charge in [-0.2, -0.15) is 0 Å². The van der Waals surface area contributed by atoms with Gasteiger partial charge in [-0.3, -0.25) is 14.3 Å². The zero-order chi connectivity index (χ0) is 29.1. The van der Waals surface area contributed by atoms with Crippen molar-refractivity contribution in [3.63, 3.8) is 0 Å². The summed E-state index contributed by atoms with van der Waals surface area (Å²) in [5.74, 6) is -0.427. The van der Waals surface area contributed by atoms with E-state index in [1.54, 1.807) is 38.3 Å². The lowest BCUT2D eigenvalue weighted by Crippen LogP contribution is -2.49. The Bertz CT molecular complexity index is 1370. The van der Waals surface area contributed by atoms with Gasteiger partial charge < -0.3 is 24.8 Å². The molecule has 0 aliphatic heterocycles. The minimum atomic E-state index is -3.93. The number of amides is 2. The van der Waals surface area contributed by atoms with Crippen LogP contribution in [0.4, 0.5) is 10.1 Å². The van der Waals surface area contributed by atoms with E-state index in [1.807, 2.05) is 0 Å². The second kappa shape index (κ2) is 14.3. The van der Waals surface area contributed by atoms with Crippen LogP contribution in [-0.4, -0.2) is 63.1 Å². The third kappa shape index (κ3) is 8.68. The summed E-state index contributed by atoms with van der Waals surface area (Å²) in [5, 5.41) is 11.7. The molecule has 0 aliphatic carbocycles. The Kier molecular flexibility index (Phi) is 10.9. The number of hydrogen-bond acceptors (Lipinski definition) is 7. The number of benzene rings is 3. The highest BCUT2D eigenvalue weighted by molar-refractivity contribution is 7.92. The molecule has 0 spiro atoms. The molecule has 3 aromatic rings. The standard InChI is InChI=1S/C28H32FN3O7S/c1-20(28(35)30-16-3-17-33)32(18-21-4-10-24(38-2)11-5-21)27(34)19-39-25-12-14-26(15-13-25)40(36,37)31-23-8-6-22(29)7-9-23/h4-15,20,31,33H,3,16-19H2,1-2H3,(H,30,35). The highest BCUT2D eigenvalue weighted by Gasteiger charge is 2.26. The van der Waals surface area contributed by atoms with E-state index in [0.717, 1.165) is 17.7 Å². The van der Waals surface area contributed by atoms with Crippen molar-refractivity contribution in [3.05, 3.63) is 84.2 Å². The summed E-state index contributed by atoms with van der Waals surface area (Å²) in [6, 6.07) is 16.6. The summed E-state index contributed by atoms with van der Waals surface area (Å²) in [5.41, 5.74) is 0.978. The zero-order valence-corrected chi connectivity index (χ0v) is 23.0. The van der Waals surface area contributed by atoms with Gasteiger partial charge in [0.2, 0.25) is 5.91 Å². The lowest BCUT2D eigenvalue weighted by molar-refractivity contribution is -0.142. The van der Waals surface area contributed by atoms with E-state index < -0.39 is 34.4 Å². The molecule has 0 heterocycles. The largest absolute Gasteiger partial charge is 0.497 e. The fraction of sp³-hybridized carbons (Fsp3) is 0.286. The number of nitrogens with zero attached hydrogens (tertiary/aromatic N) is 1. The molecule has 0 saturated heterocycles. The number of carbonyl (C=O) groups excluding carboxylic acids is 2. The summed E-state index contributed by atoms with van der Waals surface area (Å²) in [6.45, 7) is 1.53. The maximum absolute atomic E-state index is 13.2. The molecule has 214 valence electrons. The van der Waals surface area contributed by atoms with Crippen molar-refractivity contribution in [2.45, 2.75) is 30.8 Å². The molecule has 0 radical (unpaired) electrons. The molecule has 3 aromatic carbocycles. The average Bonchev–Trinajstić information content (AvgIpc) is 2.96. The van der Waals surface area contributed by atoms with Gasteiger partial charge in [0.05, 0.1) is 12.0 Å². The van der Waals surface area contributed by atoms with Crippen LogP contribution in [0.25, 0.3) is 0 Å². The molecule has 2 amide bonds. The van der Waals surface area contributed by atoms with Crippen LogP contribution in [0.15, 0.2) is 77.7 Å². The van der Waals surface area contributed by atoms with Crippen molar-refractivity contribution < 1.29 is 37.0 Å². The fourth-order valence-electron chi connectivity index (χ4n) is 3.62. The Balaban J connectivity index is 1.67. The van der Waals surface area contributed by atoms with Crippen LogP contribution >= 0.6 is 0 Å². The third-order valence-electron chi connectivity index (χ3n) is 5.91. The Morgan fingerprint density at radius 3 is 2.20 bits per heavy atom. The van der Waals surface area contributed by atoms with Gasteiger partial charge in [-0.15, -0.1) is 0 Å². The first-order valence-electron chi connectivity index (χ1n) is 12.4. The van der Waals surface area contributed by atoms with E-state index in [2.05, 4.69) is 10.0 Å². The number of nitrogens with one attached hydrogen (secondary N) is 2. The number of aliphatic hydroxyl groups is 1. The molecule has 40 heavy (non-hydrogen) atoms. The number of ether oxygens (including phenoxy) is 2. The minimum absolute atomic E-state index is 0.0511. The van der Waals surface area contributed by atoms with Crippen molar-refractivity contribution in [2.24, 2.45) is 0 Å². The molecule has 0 saturated carbocycles. The lowest BCUT2D eigenvalue weighted by atomic mass is 10.1. The second-order valence-electron chi connectivity index (χ2n) is 8.79. The molecular weight excluding hydrogens is 541 g/mol. The van der Waals surface area contributed by atoms with Gasteiger partial charge in [-0.05, 0) is 79.6 Å². The van der Waals surface area contributed by atoms with Crippen molar-refractivity contribution in [3.8, 4) is 11.5 Å². The summed E-state index contributed by atoms with van der Waals surface area (Å²) < 4.78 is 51.5. The van der Waals surface area contributed by atoms with Crippen molar-refractivity contribution in [1.82, 2.24) is 10.2 Å². The quantitative estimate of drug-likeness (QED) is 0.253. The molecule has 0 bridgehead atoms. The second-order valence-corrected chi connectivity index (χ2v) is 10.5. The summed E-state index contributed by atoms with van der Waals surface area (Å²) in [7, 11) is -2.38. The summed E-state index contributed by atoms with van der Waals surface area (Å²) in [4.78, 5) is 27.2. The molecule has 12 heteroatoms. The Labute approximate surface area is 232 Å². The van der Waals surface area contributed by atoms with E-state index in [-0.39, 0.29) is 41.9 Å². The van der Waals surface area contributed by atoms with Gasteiger partial charge in [0.1, 0.15) is 23.4 Å². The van der Waals surface area contributed by atoms with Gasteiger partial charge in [-0.25, -0.2) is 12.8 Å². The van der Waals surface area contributed by atoms with E-state index in [0.29, 0.717) is 12.2 Å². The van der Waals surface area contributed by atoms with Crippen molar-refractivity contribution in [1.29, 1.82) is 0 Å². The van der Waals surface area contributed by atoms with Gasteiger partial charge in [-0.1, -0.05) is 12.1 Å². The van der Waals surface area contributed by atoms with Crippen LogP contribution in [0.3, 0.4) is 0 Å². The van der Waals surface area contributed by atoms with Gasteiger partial charge >= 0.3 is 0 Å². The SMILES string of the molecule is COc1ccc(CN(C(=O)COc2ccc(S(=O)(=O)Nc3ccc(F)cc3)cc2)C(C)C(=O)NCCCO)cc1. The van der Waals surface area contributed by atoms with Crippen molar-refractivity contribution >= 4 is 27.5 Å². The van der Waals surface area contributed by atoms with E-state index in [1.165, 1.54) is 41.3 Å². The van der Waals surface area contributed by atoms with Crippen LogP contribution < -0.4 is 19.5 Å². The number of carbonyl (C=O) groups is 2. The Morgan fingerprint density at radius 1 is 0.975 bits per heavy atom. The van der Waals surface area contributed by atoms with E-state index in [4.69, 9.17) is 14.6 Å². The number of rotatable bonds is 14. The number of hydrogen-bond donors (Lipinski definition) is 3. The lowest BCUT2D eigenvalue weighted by Gasteiger charge is -2.28. The number of anilines is 1. The van der Waals surface area contributed by atoms with E-state index >= 15 is 0 Å². The first kappa shape index (κ1) is 30.4. The molecular formula is C28H32FN3O7S. The molecule has 1 atom stereocenters. The van der Waals surface area contributed by atoms with E-state index in [9.17, 15) is 22.4 Å². The van der Waals surface area contributed by atoms with Crippen LogP contribution in [0, 0.1) is 5.82 Å². The average molecular weight is 574 g/mol. The first-order chi connectivity index (χ1) is 19.1. The molecule has 3 N–H and O–H groups in total. The normalized spacial score (nSPS) is 11.8. The Hall–Kier alpha value is -4.16. The van der Waals surface area contributed by atoms with Crippen LogP contribution in [-0.2, 0) is 26.2 Å². The van der Waals surface area contributed by atoms with Crippen LogP contribution in [0.5, 0.6) is 11.5 Å². The highest BCUT2D eigenvalue weighted by Crippen LogP contribution is 2.20. The molecule has 1 unspecified atom stereocenters. The number of sulfonamides is 1. The van der Waals surface area contributed by atoms with Gasteiger partial charge in [0.25, 0.3) is 15.9 Å². The molecule has 0 aromatic heterocycles. The predicted molar refractivity (Wildman–Crippen MR) is 147 cm³/mol. The monoisotopic (exact) mass is 573 g/mol. The van der Waals surface area contributed by atoms with Gasteiger partial charge in [0.15, 0.2) is 6.61 Å². The molecule has 10 nitrogen and oxygen atoms in total. The van der Waals surface area contributed by atoms with Gasteiger partial charge in [0, 0.05) is 25.4 Å². The maximum Gasteiger partial charge on any atom is 0.261 e. The summed E-state index contributed by atoms with van der Waals surface area (Å²) in [6.07, 6.45) is 0.388. The fourth-order valence-corrected chi connectivity index (χ4v) is 4.68. The number of methoxy groups -OCH3 is 1. The third-order valence-corrected chi connectivity index (χ3v) is 7.30. The molecule has 3 rings (SSSR count). The highest BCUT2D eigenvalue weighted by atomic mass is 32.2. The first-order valence-corrected chi connectivity index (χ1v) is 13.9.